The Balaban J connectivity index is 2.10. The first-order valence-corrected chi connectivity index (χ1v) is 7.12. The van der Waals surface area contributed by atoms with Gasteiger partial charge in [-0.25, -0.2) is 4.98 Å². The molecule has 23 heavy (non-hydrogen) atoms. The van der Waals surface area contributed by atoms with Gasteiger partial charge in [0.05, 0.1) is 12.9 Å². The molecule has 0 bridgehead atoms. The number of methoxy groups -OCH3 is 1. The minimum Gasteiger partial charge on any atom is -0.394 e. The van der Waals surface area contributed by atoms with Gasteiger partial charge in [0.1, 0.15) is 18.3 Å². The standard InChI is InChI=1S/C13H20N6O4/c1-18(2)10-7-11(17-13(14)16-10)19(5-15-7)12-9(22-3)8(21)6(4-20)23-12/h5-6,8-9,12,20-21H,4H2,1-3H3,(H2,14,16,17)/t6-,8+,9?,12-/m1/s1. The molecule has 10 nitrogen and oxygen atoms in total. The first-order valence-electron chi connectivity index (χ1n) is 7.12. The third-order valence-corrected chi connectivity index (χ3v) is 3.88. The molecule has 1 aliphatic rings. The summed E-state index contributed by atoms with van der Waals surface area (Å²) in [7, 11) is 5.13. The summed E-state index contributed by atoms with van der Waals surface area (Å²) < 4.78 is 12.7. The first-order chi connectivity index (χ1) is 11.0. The molecular formula is C13H20N6O4. The van der Waals surface area contributed by atoms with E-state index >= 15 is 0 Å². The van der Waals surface area contributed by atoms with Gasteiger partial charge in [0.2, 0.25) is 5.95 Å². The second-order valence-corrected chi connectivity index (χ2v) is 5.56. The normalized spacial score (nSPS) is 27.7. The minimum absolute atomic E-state index is 0.106. The van der Waals surface area contributed by atoms with Crippen molar-refractivity contribution in [1.82, 2.24) is 19.5 Å². The van der Waals surface area contributed by atoms with Crippen molar-refractivity contribution in [2.45, 2.75) is 24.5 Å². The van der Waals surface area contributed by atoms with Crippen LogP contribution < -0.4 is 10.6 Å². The van der Waals surface area contributed by atoms with E-state index in [4.69, 9.17) is 15.2 Å². The van der Waals surface area contributed by atoms with Gasteiger partial charge in [-0.3, -0.25) is 4.57 Å². The Bertz CT molecular complexity index is 705. The number of aliphatic hydroxyl groups excluding tert-OH is 2. The smallest absolute Gasteiger partial charge is 0.224 e. The van der Waals surface area contributed by atoms with Crippen LogP contribution in [0.4, 0.5) is 11.8 Å². The van der Waals surface area contributed by atoms with Crippen LogP contribution in [0.25, 0.3) is 11.2 Å². The van der Waals surface area contributed by atoms with Crippen molar-refractivity contribution < 1.29 is 19.7 Å². The van der Waals surface area contributed by atoms with Crippen LogP contribution in [0, 0.1) is 0 Å². The lowest BCUT2D eigenvalue weighted by atomic mass is 10.1. The summed E-state index contributed by atoms with van der Waals surface area (Å²) >= 11 is 0. The molecule has 1 aliphatic heterocycles. The van der Waals surface area contributed by atoms with E-state index in [-0.39, 0.29) is 12.6 Å². The van der Waals surface area contributed by atoms with Crippen molar-refractivity contribution in [3.63, 3.8) is 0 Å². The number of rotatable bonds is 4. The average Bonchev–Trinajstić information content (AvgIpc) is 3.06. The number of hydrogen-bond donors (Lipinski definition) is 3. The highest BCUT2D eigenvalue weighted by Crippen LogP contribution is 2.34. The predicted octanol–water partition coefficient (Wildman–Crippen LogP) is -1.26. The monoisotopic (exact) mass is 324 g/mol. The lowest BCUT2D eigenvalue weighted by Crippen LogP contribution is -2.34. The van der Waals surface area contributed by atoms with E-state index < -0.39 is 24.5 Å². The Morgan fingerprint density at radius 3 is 2.78 bits per heavy atom. The van der Waals surface area contributed by atoms with E-state index in [2.05, 4.69) is 15.0 Å². The maximum Gasteiger partial charge on any atom is 0.224 e. The number of anilines is 2. The second-order valence-electron chi connectivity index (χ2n) is 5.56. The van der Waals surface area contributed by atoms with Crippen molar-refractivity contribution in [3.8, 4) is 0 Å². The van der Waals surface area contributed by atoms with Crippen LogP contribution in [-0.4, -0.2) is 75.9 Å². The number of hydrogen-bond acceptors (Lipinski definition) is 9. The minimum atomic E-state index is -0.958. The molecular weight excluding hydrogens is 304 g/mol. The van der Waals surface area contributed by atoms with Gasteiger partial charge in [0.25, 0.3) is 0 Å². The highest BCUT2D eigenvalue weighted by atomic mass is 16.6. The summed E-state index contributed by atoms with van der Waals surface area (Å²) in [5.74, 6) is 0.687. The van der Waals surface area contributed by atoms with Crippen molar-refractivity contribution >= 4 is 22.9 Å². The lowest BCUT2D eigenvalue weighted by Gasteiger charge is -2.20. The van der Waals surface area contributed by atoms with Crippen molar-refractivity contribution in [2.75, 3.05) is 38.4 Å². The first kappa shape index (κ1) is 15.9. The molecule has 3 rings (SSSR count). The number of nitrogen functional groups attached to an aromatic ring is 1. The molecule has 2 aromatic heterocycles. The summed E-state index contributed by atoms with van der Waals surface area (Å²) in [6.07, 6.45) is -1.51. The van der Waals surface area contributed by atoms with Gasteiger partial charge in [0.15, 0.2) is 23.2 Å². The molecule has 0 saturated carbocycles. The molecule has 2 aromatic rings. The highest BCUT2D eigenvalue weighted by Gasteiger charge is 2.45. The van der Waals surface area contributed by atoms with Gasteiger partial charge in [-0.05, 0) is 0 Å². The Morgan fingerprint density at radius 1 is 1.43 bits per heavy atom. The van der Waals surface area contributed by atoms with Crippen molar-refractivity contribution in [2.24, 2.45) is 0 Å². The van der Waals surface area contributed by atoms with Crippen LogP contribution in [0.1, 0.15) is 6.23 Å². The van der Waals surface area contributed by atoms with Gasteiger partial charge in [-0.2, -0.15) is 9.97 Å². The molecule has 3 heterocycles. The topological polar surface area (TPSA) is 132 Å². The molecule has 1 unspecified atom stereocenters. The SMILES string of the molecule is COC1[C@@H](O)[C@@H](CO)O[C@H]1n1cnc2c(N(C)C)nc(N)nc21. The molecule has 4 N–H and O–H groups in total. The molecule has 0 amide bonds. The Kier molecular flexibility index (Phi) is 4.06. The van der Waals surface area contributed by atoms with Crippen LogP contribution in [0.3, 0.4) is 0 Å². The van der Waals surface area contributed by atoms with Gasteiger partial charge in [-0.1, -0.05) is 0 Å². The maximum atomic E-state index is 10.2. The van der Waals surface area contributed by atoms with E-state index in [0.29, 0.717) is 17.0 Å². The zero-order chi connectivity index (χ0) is 16.7. The number of aromatic nitrogens is 4. The zero-order valence-electron chi connectivity index (χ0n) is 13.1. The quantitative estimate of drug-likeness (QED) is 0.630. The number of nitrogens with two attached hydrogens (primary N) is 1. The zero-order valence-corrected chi connectivity index (χ0v) is 13.1. The number of aliphatic hydroxyl groups is 2. The summed E-state index contributed by atoms with van der Waals surface area (Å²) in [6, 6.07) is 0. The molecule has 0 radical (unpaired) electrons. The third-order valence-electron chi connectivity index (χ3n) is 3.88. The average molecular weight is 324 g/mol. The van der Waals surface area contributed by atoms with E-state index in [1.54, 1.807) is 9.47 Å². The van der Waals surface area contributed by atoms with E-state index in [0.717, 1.165) is 0 Å². The molecule has 1 saturated heterocycles. The molecule has 0 aliphatic carbocycles. The highest BCUT2D eigenvalue weighted by molar-refractivity contribution is 5.84. The van der Waals surface area contributed by atoms with Crippen LogP contribution in [0.2, 0.25) is 0 Å². The summed E-state index contributed by atoms with van der Waals surface area (Å²) in [5, 5.41) is 19.5. The maximum absolute atomic E-state index is 10.2. The van der Waals surface area contributed by atoms with Crippen LogP contribution in [-0.2, 0) is 9.47 Å². The fourth-order valence-corrected chi connectivity index (χ4v) is 2.76. The molecule has 1 fully saturated rings. The Hall–Kier alpha value is -2.01. The van der Waals surface area contributed by atoms with Crippen LogP contribution >= 0.6 is 0 Å². The molecule has 4 atom stereocenters. The second kappa shape index (κ2) is 5.89. The van der Waals surface area contributed by atoms with E-state index in [9.17, 15) is 10.2 Å². The Labute approximate surface area is 132 Å². The summed E-state index contributed by atoms with van der Waals surface area (Å²) in [5.41, 5.74) is 6.82. The van der Waals surface area contributed by atoms with Crippen LogP contribution in [0.15, 0.2) is 6.33 Å². The molecule has 0 aromatic carbocycles. The third kappa shape index (κ3) is 2.49. The van der Waals surface area contributed by atoms with E-state index in [1.807, 2.05) is 14.1 Å². The fourth-order valence-electron chi connectivity index (χ4n) is 2.76. The van der Waals surface area contributed by atoms with E-state index in [1.165, 1.54) is 13.4 Å². The lowest BCUT2D eigenvalue weighted by molar-refractivity contribution is -0.0583. The molecule has 10 heteroatoms. The van der Waals surface area contributed by atoms with Gasteiger partial charge < -0.3 is 30.3 Å². The van der Waals surface area contributed by atoms with Crippen molar-refractivity contribution in [3.05, 3.63) is 6.33 Å². The van der Waals surface area contributed by atoms with Crippen molar-refractivity contribution in [1.29, 1.82) is 0 Å². The largest absolute Gasteiger partial charge is 0.394 e. The van der Waals surface area contributed by atoms with Gasteiger partial charge in [-0.15, -0.1) is 0 Å². The predicted molar refractivity (Wildman–Crippen MR) is 81.9 cm³/mol. The van der Waals surface area contributed by atoms with Crippen LogP contribution in [0.5, 0.6) is 0 Å². The number of imidazole rings is 1. The fraction of sp³-hybridized carbons (Fsp3) is 0.615. The molecule has 0 spiro atoms. The number of nitrogens with zero attached hydrogens (tertiary/aromatic N) is 5. The molecule has 126 valence electrons. The number of fused-ring (bicyclic) bond motifs is 1. The van der Waals surface area contributed by atoms with Gasteiger partial charge in [0, 0.05) is 21.2 Å². The summed E-state index contributed by atoms with van der Waals surface area (Å²) in [4.78, 5) is 14.5. The van der Waals surface area contributed by atoms with Gasteiger partial charge >= 0.3 is 0 Å². The Morgan fingerprint density at radius 2 is 2.17 bits per heavy atom. The summed E-state index contributed by atoms with van der Waals surface area (Å²) in [6.45, 7) is -0.315. The number of ether oxygens (including phenoxy) is 2.